The number of sulfonamides is 1. The molecule has 2 aromatic rings. The van der Waals surface area contributed by atoms with E-state index in [9.17, 15) is 18.0 Å². The fourth-order valence-corrected chi connectivity index (χ4v) is 4.96. The Bertz CT molecular complexity index is 1190. The first-order valence-corrected chi connectivity index (χ1v) is 14.2. The van der Waals surface area contributed by atoms with Crippen molar-refractivity contribution in [2.75, 3.05) is 30.8 Å². The molecule has 1 atom stereocenters. The number of carbonyl (C=O) groups is 2. The van der Waals surface area contributed by atoms with Crippen LogP contribution in [0.3, 0.4) is 0 Å². The lowest BCUT2D eigenvalue weighted by atomic mass is 10.1. The van der Waals surface area contributed by atoms with E-state index in [1.807, 2.05) is 6.92 Å². The average Bonchev–Trinajstić information content (AvgIpc) is 2.82. The van der Waals surface area contributed by atoms with E-state index in [0.29, 0.717) is 34.3 Å². The molecule has 0 aliphatic carbocycles. The number of halogens is 3. The lowest BCUT2D eigenvalue weighted by molar-refractivity contribution is -0.140. The summed E-state index contributed by atoms with van der Waals surface area (Å²) < 4.78 is 31.4. The highest BCUT2D eigenvalue weighted by molar-refractivity contribution is 7.92. The molecule has 0 radical (unpaired) electrons. The third kappa shape index (κ3) is 7.90. The van der Waals surface area contributed by atoms with Gasteiger partial charge in [-0.1, -0.05) is 54.7 Å². The lowest BCUT2D eigenvalue weighted by Gasteiger charge is -2.33. The Kier molecular flexibility index (Phi) is 11.2. The summed E-state index contributed by atoms with van der Waals surface area (Å²) in [5.74, 6) is -0.539. The van der Waals surface area contributed by atoms with Crippen molar-refractivity contribution in [2.24, 2.45) is 0 Å². The summed E-state index contributed by atoms with van der Waals surface area (Å²) in [4.78, 5) is 27.9. The Morgan fingerprint density at radius 2 is 1.72 bits per heavy atom. The van der Waals surface area contributed by atoms with Gasteiger partial charge >= 0.3 is 0 Å². The molecule has 0 aliphatic rings. The number of anilines is 1. The van der Waals surface area contributed by atoms with Crippen molar-refractivity contribution in [3.8, 4) is 5.75 Å². The number of ether oxygens (including phenoxy) is 1. The summed E-state index contributed by atoms with van der Waals surface area (Å²) in [7, 11) is -2.45. The molecule has 2 amide bonds. The van der Waals surface area contributed by atoms with Gasteiger partial charge in [0.1, 0.15) is 18.3 Å². The van der Waals surface area contributed by atoms with E-state index in [1.165, 1.54) is 30.2 Å². The van der Waals surface area contributed by atoms with Crippen molar-refractivity contribution in [1.82, 2.24) is 10.2 Å². The fourth-order valence-electron chi connectivity index (χ4n) is 3.54. The molecule has 0 saturated carbocycles. The first-order valence-electron chi connectivity index (χ1n) is 11.2. The molecule has 2 rings (SSSR count). The number of nitrogens with zero attached hydrogens (tertiary/aromatic N) is 2. The first kappa shape index (κ1) is 30.0. The molecule has 0 aliphatic heterocycles. The van der Waals surface area contributed by atoms with Crippen molar-refractivity contribution in [1.29, 1.82) is 0 Å². The van der Waals surface area contributed by atoms with Gasteiger partial charge < -0.3 is 15.0 Å². The minimum Gasteiger partial charge on any atom is -0.495 e. The van der Waals surface area contributed by atoms with Gasteiger partial charge in [-0.25, -0.2) is 8.42 Å². The van der Waals surface area contributed by atoms with Crippen LogP contribution < -0.4 is 14.4 Å². The Morgan fingerprint density at radius 3 is 2.25 bits per heavy atom. The van der Waals surface area contributed by atoms with Gasteiger partial charge in [0.2, 0.25) is 21.8 Å². The average molecular weight is 579 g/mol. The number of hydrogen-bond acceptors (Lipinski definition) is 5. The maximum Gasteiger partial charge on any atom is 0.244 e. The maximum absolute atomic E-state index is 13.6. The van der Waals surface area contributed by atoms with Gasteiger partial charge in [0, 0.05) is 13.1 Å². The minimum atomic E-state index is -3.89. The Balaban J connectivity index is 2.47. The zero-order valence-corrected chi connectivity index (χ0v) is 23.6. The van der Waals surface area contributed by atoms with Crippen LogP contribution in [0.2, 0.25) is 15.1 Å². The largest absolute Gasteiger partial charge is 0.495 e. The molecule has 0 aromatic heterocycles. The van der Waals surface area contributed by atoms with E-state index in [0.717, 1.165) is 17.0 Å². The summed E-state index contributed by atoms with van der Waals surface area (Å²) in [6.07, 6.45) is 2.03. The van der Waals surface area contributed by atoms with E-state index < -0.39 is 28.5 Å². The predicted octanol–water partition coefficient (Wildman–Crippen LogP) is 4.76. The van der Waals surface area contributed by atoms with Crippen LogP contribution in [0.25, 0.3) is 0 Å². The van der Waals surface area contributed by atoms with Crippen molar-refractivity contribution < 1.29 is 22.7 Å². The normalized spacial score (nSPS) is 12.1. The van der Waals surface area contributed by atoms with E-state index >= 15 is 0 Å². The second kappa shape index (κ2) is 13.4. The predicted molar refractivity (Wildman–Crippen MR) is 145 cm³/mol. The molecular weight excluding hydrogens is 549 g/mol. The van der Waals surface area contributed by atoms with Gasteiger partial charge in [0.05, 0.1) is 34.1 Å². The van der Waals surface area contributed by atoms with Crippen LogP contribution in [0.15, 0.2) is 36.4 Å². The number of carbonyl (C=O) groups excluding carboxylic acids is 2. The number of rotatable bonds is 12. The first-order chi connectivity index (χ1) is 16.9. The number of amides is 2. The Labute approximate surface area is 227 Å². The van der Waals surface area contributed by atoms with Crippen molar-refractivity contribution in [3.05, 3.63) is 57.0 Å². The summed E-state index contributed by atoms with van der Waals surface area (Å²) in [6, 6.07) is 8.49. The highest BCUT2D eigenvalue weighted by Gasteiger charge is 2.32. The molecule has 1 N–H and O–H groups in total. The van der Waals surface area contributed by atoms with Crippen LogP contribution in [0.5, 0.6) is 5.75 Å². The van der Waals surface area contributed by atoms with Gasteiger partial charge in [0.15, 0.2) is 0 Å². The molecule has 0 bridgehead atoms. The van der Waals surface area contributed by atoms with Gasteiger partial charge in [-0.05, 0) is 48.7 Å². The summed E-state index contributed by atoms with van der Waals surface area (Å²) >= 11 is 18.4. The van der Waals surface area contributed by atoms with Crippen LogP contribution in [0.1, 0.15) is 32.3 Å². The fraction of sp³-hybridized carbons (Fsp3) is 0.417. The van der Waals surface area contributed by atoms with Crippen LogP contribution in [-0.2, 0) is 26.2 Å². The van der Waals surface area contributed by atoms with Crippen LogP contribution in [0.4, 0.5) is 5.69 Å². The van der Waals surface area contributed by atoms with E-state index in [4.69, 9.17) is 39.5 Å². The standard InChI is InChI=1S/C24H30Cl3N3O5S/c1-5-11-28-24(32)21(6-2)29(14-16-7-9-18(25)19(26)12-16)23(31)15-30(36(4,33)34)17-8-10-22(35-3)20(27)13-17/h7-10,12-13,21H,5-6,11,14-15H2,1-4H3,(H,28,32)/t21-/m1/s1. The molecule has 198 valence electrons. The molecule has 0 heterocycles. The molecule has 0 unspecified atom stereocenters. The second-order valence-electron chi connectivity index (χ2n) is 8.07. The summed E-state index contributed by atoms with van der Waals surface area (Å²) in [6.45, 7) is 3.63. The molecule has 0 spiro atoms. The van der Waals surface area contributed by atoms with Gasteiger partial charge in [-0.3, -0.25) is 13.9 Å². The van der Waals surface area contributed by atoms with Gasteiger partial charge in [0.25, 0.3) is 0 Å². The zero-order chi connectivity index (χ0) is 27.0. The third-order valence-corrected chi connectivity index (χ3v) is 7.55. The quantitative estimate of drug-likeness (QED) is 0.392. The third-order valence-electron chi connectivity index (χ3n) is 5.37. The molecule has 0 fully saturated rings. The van der Waals surface area contributed by atoms with Crippen molar-refractivity contribution >= 4 is 62.3 Å². The monoisotopic (exact) mass is 577 g/mol. The number of nitrogens with one attached hydrogen (secondary N) is 1. The maximum atomic E-state index is 13.6. The number of benzene rings is 2. The SMILES string of the molecule is CCCNC(=O)[C@@H](CC)N(Cc1ccc(Cl)c(Cl)c1)C(=O)CN(c1ccc(OC)c(Cl)c1)S(C)(=O)=O. The van der Waals surface area contributed by atoms with Crippen molar-refractivity contribution in [3.63, 3.8) is 0 Å². The number of methoxy groups -OCH3 is 1. The summed E-state index contributed by atoms with van der Waals surface area (Å²) in [5.41, 5.74) is 0.826. The summed E-state index contributed by atoms with van der Waals surface area (Å²) in [5, 5.41) is 3.66. The van der Waals surface area contributed by atoms with Crippen LogP contribution in [-0.4, -0.2) is 57.6 Å². The highest BCUT2D eigenvalue weighted by Crippen LogP contribution is 2.30. The van der Waals surface area contributed by atoms with Crippen LogP contribution in [0, 0.1) is 0 Å². The lowest BCUT2D eigenvalue weighted by Crippen LogP contribution is -2.52. The zero-order valence-electron chi connectivity index (χ0n) is 20.6. The molecule has 2 aromatic carbocycles. The second-order valence-corrected chi connectivity index (χ2v) is 11.2. The molecule has 12 heteroatoms. The smallest absolute Gasteiger partial charge is 0.244 e. The number of hydrogen-bond donors (Lipinski definition) is 1. The van der Waals surface area contributed by atoms with Crippen LogP contribution >= 0.6 is 34.8 Å². The van der Waals surface area contributed by atoms with E-state index in [-0.39, 0.29) is 23.2 Å². The topological polar surface area (TPSA) is 96.0 Å². The molecule has 0 saturated heterocycles. The van der Waals surface area contributed by atoms with Gasteiger partial charge in [-0.2, -0.15) is 0 Å². The molecular formula is C24H30Cl3N3O5S. The molecule has 36 heavy (non-hydrogen) atoms. The Morgan fingerprint density at radius 1 is 1.03 bits per heavy atom. The van der Waals surface area contributed by atoms with Crippen molar-refractivity contribution in [2.45, 2.75) is 39.3 Å². The Hall–Kier alpha value is -2.20. The van der Waals surface area contributed by atoms with E-state index in [1.54, 1.807) is 25.1 Å². The molecule has 8 nitrogen and oxygen atoms in total. The minimum absolute atomic E-state index is 0.0226. The van der Waals surface area contributed by atoms with E-state index in [2.05, 4.69) is 5.32 Å². The van der Waals surface area contributed by atoms with Gasteiger partial charge in [-0.15, -0.1) is 0 Å². The highest BCUT2D eigenvalue weighted by atomic mass is 35.5.